The van der Waals surface area contributed by atoms with Crippen molar-refractivity contribution in [1.82, 2.24) is 0 Å². The highest BCUT2D eigenvalue weighted by atomic mass is 31.2. The van der Waals surface area contributed by atoms with Crippen molar-refractivity contribution in [2.45, 2.75) is 200 Å². The molecule has 0 aliphatic heterocycles. The average Bonchev–Trinajstić information content (AvgIpc) is 3.23. The quantitative estimate of drug-likeness (QED) is 0.0195. The summed E-state index contributed by atoms with van der Waals surface area (Å²) in [6, 6.07) is 0. The normalized spacial score (nSPS) is 14.1. The molecular weight excluding hydrogens is 798 g/mol. The van der Waals surface area contributed by atoms with Gasteiger partial charge in [-0.2, -0.15) is 0 Å². The number of hydrogen-bond acceptors (Lipinski definition) is 8. The van der Waals surface area contributed by atoms with Crippen LogP contribution in [0.2, 0.25) is 0 Å². The minimum atomic E-state index is -4.65. The first-order valence-electron chi connectivity index (χ1n) is 24.6. The van der Waals surface area contributed by atoms with Gasteiger partial charge in [0.05, 0.1) is 27.7 Å². The molecule has 358 valence electrons. The maximum absolute atomic E-state index is 12.7. The lowest BCUT2D eigenvalue weighted by Crippen LogP contribution is -2.37. The molecule has 0 saturated carbocycles. The molecule has 2 atom stereocenters. The molecule has 1 unspecified atom stereocenters. The molecule has 0 fully saturated rings. The van der Waals surface area contributed by atoms with E-state index in [1.54, 1.807) is 0 Å². The second-order valence-corrected chi connectivity index (χ2v) is 18.8. The Morgan fingerprint density at radius 1 is 0.516 bits per heavy atom. The van der Waals surface area contributed by atoms with Crippen molar-refractivity contribution in [3.05, 3.63) is 72.9 Å². The zero-order valence-electron chi connectivity index (χ0n) is 40.3. The van der Waals surface area contributed by atoms with Crippen LogP contribution in [0, 0.1) is 0 Å². The molecule has 0 bridgehead atoms. The van der Waals surface area contributed by atoms with Crippen molar-refractivity contribution in [3.8, 4) is 0 Å². The van der Waals surface area contributed by atoms with Crippen LogP contribution in [0.3, 0.4) is 0 Å². The number of nitrogens with zero attached hydrogens (tertiary/aromatic N) is 1. The van der Waals surface area contributed by atoms with E-state index in [0.29, 0.717) is 23.9 Å². The van der Waals surface area contributed by atoms with Crippen LogP contribution >= 0.6 is 7.82 Å². The van der Waals surface area contributed by atoms with Gasteiger partial charge in [0.1, 0.15) is 19.8 Å². The summed E-state index contributed by atoms with van der Waals surface area (Å²) < 4.78 is 33.9. The van der Waals surface area contributed by atoms with Gasteiger partial charge in [-0.05, 0) is 83.5 Å². The lowest BCUT2D eigenvalue weighted by Gasteiger charge is -2.28. The summed E-state index contributed by atoms with van der Waals surface area (Å²) in [5, 5.41) is 0. The number of phosphoric ester groups is 1. The van der Waals surface area contributed by atoms with Crippen LogP contribution in [0.15, 0.2) is 72.9 Å². The molecule has 0 rings (SSSR count). The van der Waals surface area contributed by atoms with Crippen molar-refractivity contribution >= 4 is 19.8 Å². The van der Waals surface area contributed by atoms with E-state index in [4.69, 9.17) is 18.5 Å². The minimum Gasteiger partial charge on any atom is -0.756 e. The molecule has 9 nitrogen and oxygen atoms in total. The third-order valence-corrected chi connectivity index (χ3v) is 11.2. The van der Waals surface area contributed by atoms with Gasteiger partial charge in [-0.15, -0.1) is 0 Å². The second-order valence-electron chi connectivity index (χ2n) is 17.4. The number of allylic oxidation sites excluding steroid dienone is 12. The minimum absolute atomic E-state index is 0.0479. The Morgan fingerprint density at radius 3 is 1.48 bits per heavy atom. The van der Waals surface area contributed by atoms with Crippen molar-refractivity contribution in [1.29, 1.82) is 0 Å². The van der Waals surface area contributed by atoms with Gasteiger partial charge >= 0.3 is 11.9 Å². The molecule has 0 spiro atoms. The molecule has 0 aliphatic carbocycles. The molecule has 0 aromatic carbocycles. The van der Waals surface area contributed by atoms with Crippen LogP contribution in [0.25, 0.3) is 0 Å². The van der Waals surface area contributed by atoms with E-state index < -0.39 is 32.5 Å². The number of carbonyl (C=O) groups is 2. The Bertz CT molecular complexity index is 1280. The lowest BCUT2D eigenvalue weighted by molar-refractivity contribution is -0.870. The fraction of sp³-hybridized carbons (Fsp3) is 0.731. The fourth-order valence-electron chi connectivity index (χ4n) is 6.37. The van der Waals surface area contributed by atoms with Crippen LogP contribution < -0.4 is 4.89 Å². The molecule has 0 amide bonds. The lowest BCUT2D eigenvalue weighted by atomic mass is 10.0. The van der Waals surface area contributed by atoms with Crippen LogP contribution in [-0.2, 0) is 32.7 Å². The number of ether oxygens (including phenoxy) is 2. The average molecular weight is 890 g/mol. The van der Waals surface area contributed by atoms with E-state index in [9.17, 15) is 19.0 Å². The predicted molar refractivity (Wildman–Crippen MR) is 259 cm³/mol. The molecule has 0 N–H and O–H groups in total. The molecular formula is C52H92NO8P. The Labute approximate surface area is 380 Å². The topological polar surface area (TPSA) is 111 Å². The highest BCUT2D eigenvalue weighted by Gasteiger charge is 2.21. The Kier molecular flexibility index (Phi) is 41.9. The zero-order chi connectivity index (χ0) is 45.7. The van der Waals surface area contributed by atoms with E-state index in [0.717, 1.165) is 64.2 Å². The van der Waals surface area contributed by atoms with Gasteiger partial charge in [0.25, 0.3) is 7.82 Å². The maximum atomic E-state index is 12.7. The highest BCUT2D eigenvalue weighted by Crippen LogP contribution is 2.38. The van der Waals surface area contributed by atoms with Gasteiger partial charge in [-0.1, -0.05) is 170 Å². The van der Waals surface area contributed by atoms with Gasteiger partial charge in [0.2, 0.25) is 0 Å². The number of rotatable bonds is 44. The second kappa shape index (κ2) is 43.7. The summed E-state index contributed by atoms with van der Waals surface area (Å²) in [6.07, 6.45) is 55.3. The van der Waals surface area contributed by atoms with Crippen LogP contribution in [0.1, 0.15) is 194 Å². The predicted octanol–water partition coefficient (Wildman–Crippen LogP) is 13.9. The van der Waals surface area contributed by atoms with Crippen LogP contribution in [-0.4, -0.2) is 70.0 Å². The smallest absolute Gasteiger partial charge is 0.306 e. The Morgan fingerprint density at radius 2 is 0.952 bits per heavy atom. The fourth-order valence-corrected chi connectivity index (χ4v) is 7.10. The first kappa shape index (κ1) is 59.5. The zero-order valence-corrected chi connectivity index (χ0v) is 41.2. The summed E-state index contributed by atoms with van der Waals surface area (Å²) in [5.41, 5.74) is 0. The van der Waals surface area contributed by atoms with Crippen molar-refractivity contribution in [2.24, 2.45) is 0 Å². The third-order valence-electron chi connectivity index (χ3n) is 10.2. The summed E-state index contributed by atoms with van der Waals surface area (Å²) in [4.78, 5) is 37.6. The van der Waals surface area contributed by atoms with E-state index in [1.165, 1.54) is 89.9 Å². The molecule has 0 aromatic heterocycles. The molecule has 0 aliphatic rings. The molecule has 0 aromatic rings. The highest BCUT2D eigenvalue weighted by molar-refractivity contribution is 7.45. The van der Waals surface area contributed by atoms with Gasteiger partial charge in [-0.25, -0.2) is 0 Å². The molecule has 0 saturated heterocycles. The number of unbranched alkanes of at least 4 members (excludes halogenated alkanes) is 18. The van der Waals surface area contributed by atoms with Gasteiger partial charge in [0, 0.05) is 12.8 Å². The third kappa shape index (κ3) is 46.9. The molecule has 62 heavy (non-hydrogen) atoms. The van der Waals surface area contributed by atoms with Gasteiger partial charge < -0.3 is 27.9 Å². The largest absolute Gasteiger partial charge is 0.756 e. The summed E-state index contributed by atoms with van der Waals surface area (Å²) >= 11 is 0. The Balaban J connectivity index is 4.35. The number of likely N-dealkylation sites (N-methyl/N-ethyl adjacent to an activating group) is 1. The summed E-state index contributed by atoms with van der Waals surface area (Å²) in [7, 11) is 1.11. The SMILES string of the molecule is CC/C=C/C/C=C/C/C=C/C/C=C/CCCCC(=O)O[C@@H](COC(=O)CCC/C=C/CC/C=C/CCCCCCCCCCCCCCCC)COP(=O)([O-])OCC[N+](C)(C)C. The number of quaternary nitrogens is 1. The molecule has 0 heterocycles. The van der Waals surface area contributed by atoms with E-state index >= 15 is 0 Å². The number of hydrogen-bond donors (Lipinski definition) is 0. The first-order valence-corrected chi connectivity index (χ1v) is 26.1. The van der Waals surface area contributed by atoms with Gasteiger partial charge in [-0.3, -0.25) is 14.2 Å². The van der Waals surface area contributed by atoms with Gasteiger partial charge in [0.15, 0.2) is 6.10 Å². The van der Waals surface area contributed by atoms with Crippen LogP contribution in [0.5, 0.6) is 0 Å². The number of carbonyl (C=O) groups excluding carboxylic acids is 2. The van der Waals surface area contributed by atoms with Crippen molar-refractivity contribution in [3.63, 3.8) is 0 Å². The Hall–Kier alpha value is -2.55. The maximum Gasteiger partial charge on any atom is 0.306 e. The summed E-state index contributed by atoms with van der Waals surface area (Å²) in [6.45, 7) is 4.02. The van der Waals surface area contributed by atoms with E-state index in [2.05, 4.69) is 86.8 Å². The molecule has 10 heteroatoms. The first-order chi connectivity index (χ1) is 30.0. The van der Waals surface area contributed by atoms with Crippen LogP contribution in [0.4, 0.5) is 0 Å². The number of phosphoric acid groups is 1. The molecule has 0 radical (unpaired) electrons. The van der Waals surface area contributed by atoms with Crippen molar-refractivity contribution in [2.75, 3.05) is 47.5 Å². The monoisotopic (exact) mass is 890 g/mol. The van der Waals surface area contributed by atoms with E-state index in [1.807, 2.05) is 21.1 Å². The standard InChI is InChI=1S/C52H92NO8P/c1-6-8-10-12-14-16-18-20-22-23-24-25-26-27-28-29-31-32-34-36-38-40-42-44-51(54)58-48-50(49-60-62(56,57)59-47-46-53(3,4)5)61-52(55)45-43-41-39-37-35-33-30-21-19-17-15-13-11-9-7-2/h9,11,15,17,21,29-31,35-38,50H,6-8,10,12-14,16,18-20,22-28,32-34,39-49H2,1-5H3/b11-9+,17-15+,30-21+,31-29+,37-35+,38-36+/t50-/m0/s1. The summed E-state index contributed by atoms with van der Waals surface area (Å²) in [5.74, 6) is -0.936. The van der Waals surface area contributed by atoms with E-state index in [-0.39, 0.29) is 26.1 Å². The number of esters is 2. The van der Waals surface area contributed by atoms with Crippen molar-refractivity contribution < 1.29 is 42.1 Å².